The van der Waals surface area contributed by atoms with Gasteiger partial charge in [-0.15, -0.1) is 0 Å². The molecule has 0 spiro atoms. The van der Waals surface area contributed by atoms with E-state index in [1.54, 1.807) is 0 Å². The Morgan fingerprint density at radius 2 is 2.10 bits per heavy atom. The van der Waals surface area contributed by atoms with Gasteiger partial charge in [0, 0.05) is 37.9 Å². The van der Waals surface area contributed by atoms with Crippen LogP contribution in [0.15, 0.2) is 18.2 Å². The Bertz CT molecular complexity index is 543. The molecule has 2 heterocycles. The number of aryl methyl sites for hydroxylation is 1. The number of esters is 1. The molecule has 1 unspecified atom stereocenters. The average Bonchev–Trinajstić information content (AvgIpc) is 2.84. The second-order valence-corrected chi connectivity index (χ2v) is 5.93. The zero-order valence-electron chi connectivity index (χ0n) is 12.5. The van der Waals surface area contributed by atoms with E-state index in [4.69, 9.17) is 4.74 Å². The molecular weight excluding hydrogens is 271 g/mol. The summed E-state index contributed by atoms with van der Waals surface area (Å²) >= 11 is 0. The number of ether oxygens (including phenoxy) is 1. The Kier molecular flexibility index (Phi) is 3.85. The zero-order valence-corrected chi connectivity index (χ0v) is 12.5. The Hall–Kier alpha value is -1.62. The van der Waals surface area contributed by atoms with E-state index in [1.807, 2.05) is 25.1 Å². The van der Waals surface area contributed by atoms with Gasteiger partial charge in [0.1, 0.15) is 6.17 Å². The lowest BCUT2D eigenvalue weighted by atomic mass is 10.0. The molecule has 5 heteroatoms. The minimum Gasteiger partial charge on any atom is -0.465 e. The molecule has 114 valence electrons. The van der Waals surface area contributed by atoms with Crippen molar-refractivity contribution >= 4 is 11.7 Å². The molecule has 2 saturated heterocycles. The van der Waals surface area contributed by atoms with Crippen LogP contribution in [0.2, 0.25) is 0 Å². The summed E-state index contributed by atoms with van der Waals surface area (Å²) in [6, 6.07) is 6.30. The fourth-order valence-electron chi connectivity index (χ4n) is 3.11. The summed E-state index contributed by atoms with van der Waals surface area (Å²) < 4.78 is 18.0. The smallest absolute Gasteiger partial charge is 0.338 e. The van der Waals surface area contributed by atoms with Crippen LogP contribution in [0.3, 0.4) is 0 Å². The number of hydrogen-bond donors (Lipinski definition) is 0. The second kappa shape index (κ2) is 5.64. The van der Waals surface area contributed by atoms with E-state index in [-0.39, 0.29) is 5.97 Å². The van der Waals surface area contributed by atoms with Crippen LogP contribution in [0.1, 0.15) is 22.3 Å². The predicted molar refractivity (Wildman–Crippen MR) is 79.6 cm³/mol. The quantitative estimate of drug-likeness (QED) is 0.798. The number of anilines is 1. The van der Waals surface area contributed by atoms with Gasteiger partial charge in [-0.1, -0.05) is 6.07 Å². The lowest BCUT2D eigenvalue weighted by Gasteiger charge is -2.45. The number of halogens is 1. The van der Waals surface area contributed by atoms with Gasteiger partial charge >= 0.3 is 5.97 Å². The van der Waals surface area contributed by atoms with Gasteiger partial charge in [-0.2, -0.15) is 0 Å². The van der Waals surface area contributed by atoms with Crippen LogP contribution in [0.4, 0.5) is 10.1 Å². The van der Waals surface area contributed by atoms with Crippen LogP contribution < -0.4 is 4.90 Å². The average molecular weight is 292 g/mol. The summed E-state index contributed by atoms with van der Waals surface area (Å²) in [5.41, 5.74) is 2.57. The predicted octanol–water partition coefficient (Wildman–Crippen LogP) is 2.01. The van der Waals surface area contributed by atoms with E-state index >= 15 is 0 Å². The number of methoxy groups -OCH3 is 1. The van der Waals surface area contributed by atoms with Crippen molar-refractivity contribution < 1.29 is 13.9 Å². The molecule has 1 aromatic rings. The summed E-state index contributed by atoms with van der Waals surface area (Å²) in [5, 5.41) is 0. The first-order chi connectivity index (χ1) is 10.1. The molecule has 2 aliphatic rings. The molecule has 0 radical (unpaired) electrons. The Labute approximate surface area is 124 Å². The van der Waals surface area contributed by atoms with Gasteiger partial charge in [-0.3, -0.25) is 4.90 Å². The number of carbonyl (C=O) groups is 1. The van der Waals surface area contributed by atoms with E-state index in [1.165, 1.54) is 7.11 Å². The van der Waals surface area contributed by atoms with Gasteiger partial charge in [0.25, 0.3) is 0 Å². The van der Waals surface area contributed by atoms with Gasteiger partial charge in [0.05, 0.1) is 12.7 Å². The Morgan fingerprint density at radius 3 is 2.71 bits per heavy atom. The molecule has 4 nitrogen and oxygen atoms in total. The van der Waals surface area contributed by atoms with Crippen molar-refractivity contribution in [3.63, 3.8) is 0 Å². The third-order valence-electron chi connectivity index (χ3n) is 4.53. The van der Waals surface area contributed by atoms with Crippen LogP contribution in [0.25, 0.3) is 0 Å². The minimum atomic E-state index is -0.663. The van der Waals surface area contributed by atoms with Gasteiger partial charge in [-0.05, 0) is 31.0 Å². The molecule has 3 rings (SSSR count). The maximum Gasteiger partial charge on any atom is 0.338 e. The normalized spacial score (nSPS) is 23.2. The van der Waals surface area contributed by atoms with Gasteiger partial charge < -0.3 is 9.64 Å². The summed E-state index contributed by atoms with van der Waals surface area (Å²) in [7, 11) is 1.40. The van der Waals surface area contributed by atoms with E-state index in [9.17, 15) is 9.18 Å². The maximum absolute atomic E-state index is 13.2. The van der Waals surface area contributed by atoms with Gasteiger partial charge in [0.15, 0.2) is 0 Å². The van der Waals surface area contributed by atoms with Gasteiger partial charge in [0.2, 0.25) is 0 Å². The molecular formula is C16H21FN2O2. The fraction of sp³-hybridized carbons (Fsp3) is 0.562. The first-order valence-electron chi connectivity index (χ1n) is 7.40. The lowest BCUT2D eigenvalue weighted by molar-refractivity contribution is 0.0600. The standard InChI is InChI=1S/C16H21FN2O2/c1-11-3-4-13(7-15(11)16(20)21-2)19-9-14(10-19)18-6-5-12(17)8-18/h3-4,7,12,14H,5-6,8-10H2,1-2H3. The largest absolute Gasteiger partial charge is 0.465 e. The summed E-state index contributed by atoms with van der Waals surface area (Å²) in [6.45, 7) is 5.13. The van der Waals surface area contributed by atoms with Crippen molar-refractivity contribution in [1.82, 2.24) is 4.90 Å². The third-order valence-corrected chi connectivity index (χ3v) is 4.53. The molecule has 0 aromatic heterocycles. The summed E-state index contributed by atoms with van der Waals surface area (Å²) in [5.74, 6) is -0.300. The Balaban J connectivity index is 1.65. The van der Waals surface area contributed by atoms with E-state index in [0.717, 1.165) is 30.9 Å². The van der Waals surface area contributed by atoms with Crippen LogP contribution in [0, 0.1) is 6.92 Å². The molecule has 2 fully saturated rings. The molecule has 1 atom stereocenters. The Morgan fingerprint density at radius 1 is 1.33 bits per heavy atom. The van der Waals surface area contributed by atoms with Crippen LogP contribution >= 0.6 is 0 Å². The van der Waals surface area contributed by atoms with E-state index in [2.05, 4.69) is 9.80 Å². The van der Waals surface area contributed by atoms with Crippen LogP contribution in [-0.2, 0) is 4.74 Å². The maximum atomic E-state index is 13.2. The molecule has 2 aliphatic heterocycles. The topological polar surface area (TPSA) is 32.8 Å². The monoisotopic (exact) mass is 292 g/mol. The number of benzene rings is 1. The van der Waals surface area contributed by atoms with Crippen molar-refractivity contribution in [3.05, 3.63) is 29.3 Å². The number of nitrogens with zero attached hydrogens (tertiary/aromatic N) is 2. The molecule has 0 amide bonds. The number of likely N-dealkylation sites (tertiary alicyclic amines) is 1. The highest BCUT2D eigenvalue weighted by Crippen LogP contribution is 2.28. The molecule has 0 bridgehead atoms. The molecule has 0 saturated carbocycles. The second-order valence-electron chi connectivity index (χ2n) is 5.93. The van der Waals surface area contributed by atoms with Crippen molar-refractivity contribution in [2.24, 2.45) is 0 Å². The molecule has 1 aromatic carbocycles. The highest BCUT2D eigenvalue weighted by atomic mass is 19.1. The number of rotatable bonds is 3. The van der Waals surface area contributed by atoms with E-state index < -0.39 is 6.17 Å². The highest BCUT2D eigenvalue weighted by molar-refractivity contribution is 5.92. The van der Waals surface area contributed by atoms with Crippen LogP contribution in [0.5, 0.6) is 0 Å². The number of hydrogen-bond acceptors (Lipinski definition) is 4. The molecule has 21 heavy (non-hydrogen) atoms. The summed E-state index contributed by atoms with van der Waals surface area (Å²) in [4.78, 5) is 16.2. The van der Waals surface area contributed by atoms with Gasteiger partial charge in [-0.25, -0.2) is 9.18 Å². The third kappa shape index (κ3) is 2.75. The van der Waals surface area contributed by atoms with Crippen molar-refractivity contribution in [2.75, 3.05) is 38.2 Å². The molecule has 0 aliphatic carbocycles. The number of alkyl halides is 1. The first-order valence-corrected chi connectivity index (χ1v) is 7.40. The molecule has 0 N–H and O–H groups in total. The lowest BCUT2D eigenvalue weighted by Crippen LogP contribution is -2.59. The number of carbonyl (C=O) groups excluding carboxylic acids is 1. The summed E-state index contributed by atoms with van der Waals surface area (Å²) in [6.07, 6.45) is -0.00240. The fourth-order valence-corrected chi connectivity index (χ4v) is 3.11. The van der Waals surface area contributed by atoms with Crippen molar-refractivity contribution in [3.8, 4) is 0 Å². The minimum absolute atomic E-state index is 0.300. The van der Waals surface area contributed by atoms with Crippen LogP contribution in [-0.4, -0.2) is 56.4 Å². The SMILES string of the molecule is COC(=O)c1cc(N2CC(N3CCC(F)C3)C2)ccc1C. The zero-order chi connectivity index (χ0) is 15.0. The first kappa shape index (κ1) is 14.3. The van der Waals surface area contributed by atoms with Crippen molar-refractivity contribution in [1.29, 1.82) is 0 Å². The van der Waals surface area contributed by atoms with Crippen molar-refractivity contribution in [2.45, 2.75) is 25.6 Å². The highest BCUT2D eigenvalue weighted by Gasteiger charge is 2.36. The van der Waals surface area contributed by atoms with E-state index in [0.29, 0.717) is 24.6 Å².